The van der Waals surface area contributed by atoms with Crippen LogP contribution in [-0.4, -0.2) is 34.2 Å². The summed E-state index contributed by atoms with van der Waals surface area (Å²) in [6.45, 7) is 5.20. The molecular weight excluding hydrogens is 300 g/mol. The minimum atomic E-state index is -0.0534. The fraction of sp³-hybridized carbons (Fsp3) is 0.300. The summed E-state index contributed by atoms with van der Waals surface area (Å²) in [5, 5.41) is 0. The first-order chi connectivity index (χ1) is 11.6. The number of hydrogen-bond donors (Lipinski definition) is 0. The summed E-state index contributed by atoms with van der Waals surface area (Å²) >= 11 is 0. The van der Waals surface area contributed by atoms with Gasteiger partial charge in [-0.15, -0.1) is 0 Å². The lowest BCUT2D eigenvalue weighted by molar-refractivity contribution is -0.134. The quantitative estimate of drug-likeness (QED) is 0.849. The molecule has 0 N–H and O–H groups in total. The van der Waals surface area contributed by atoms with Crippen LogP contribution in [0.3, 0.4) is 0 Å². The first kappa shape index (κ1) is 16.2. The third-order valence-electron chi connectivity index (χ3n) is 4.36. The molecule has 0 atom stereocenters. The topological polar surface area (TPSA) is 40.6 Å². The van der Waals surface area contributed by atoms with Crippen LogP contribution in [0, 0.1) is 0 Å². The summed E-state index contributed by atoms with van der Waals surface area (Å²) in [7, 11) is 0. The maximum atomic E-state index is 12.8. The van der Waals surface area contributed by atoms with Gasteiger partial charge < -0.3 is 9.80 Å². The predicted molar refractivity (Wildman–Crippen MR) is 93.3 cm³/mol. The van der Waals surface area contributed by atoms with E-state index in [9.17, 15) is 9.59 Å². The molecule has 0 bridgehead atoms. The molecule has 24 heavy (non-hydrogen) atoms. The average molecular weight is 322 g/mol. The van der Waals surface area contributed by atoms with Crippen LogP contribution in [-0.2, 0) is 17.9 Å². The first-order valence-corrected chi connectivity index (χ1v) is 8.27. The Hall–Kier alpha value is -2.62. The van der Waals surface area contributed by atoms with Gasteiger partial charge >= 0.3 is 0 Å². The normalized spacial score (nSPS) is 13.3. The van der Waals surface area contributed by atoms with Crippen LogP contribution in [0.5, 0.6) is 0 Å². The Labute approximate surface area is 142 Å². The molecule has 2 amide bonds. The van der Waals surface area contributed by atoms with Crippen LogP contribution in [0.1, 0.15) is 35.3 Å². The molecule has 0 aliphatic carbocycles. The molecule has 0 saturated heterocycles. The minimum Gasteiger partial charge on any atom is -0.334 e. The Bertz CT molecular complexity index is 740. The van der Waals surface area contributed by atoms with Crippen molar-refractivity contribution in [3.63, 3.8) is 0 Å². The van der Waals surface area contributed by atoms with Crippen molar-refractivity contribution in [3.05, 3.63) is 71.3 Å². The number of hydrogen-bond acceptors (Lipinski definition) is 2. The lowest BCUT2D eigenvalue weighted by Gasteiger charge is -2.29. The summed E-state index contributed by atoms with van der Waals surface area (Å²) in [6, 6.07) is 17.6. The van der Waals surface area contributed by atoms with Crippen molar-refractivity contribution in [2.24, 2.45) is 0 Å². The molecule has 1 aliphatic rings. The molecule has 4 nitrogen and oxygen atoms in total. The maximum Gasteiger partial charge on any atom is 0.254 e. The highest BCUT2D eigenvalue weighted by Gasteiger charge is 2.30. The largest absolute Gasteiger partial charge is 0.334 e. The monoisotopic (exact) mass is 322 g/mol. The summed E-state index contributed by atoms with van der Waals surface area (Å²) in [6.07, 6.45) is 0. The molecule has 4 heteroatoms. The Morgan fingerprint density at radius 1 is 1.08 bits per heavy atom. The Kier molecular flexibility index (Phi) is 4.65. The van der Waals surface area contributed by atoms with E-state index in [2.05, 4.69) is 0 Å². The zero-order chi connectivity index (χ0) is 17.1. The molecule has 0 radical (unpaired) electrons. The van der Waals surface area contributed by atoms with Gasteiger partial charge in [-0.25, -0.2) is 0 Å². The molecule has 1 aliphatic heterocycles. The van der Waals surface area contributed by atoms with Gasteiger partial charge in [-0.3, -0.25) is 9.59 Å². The van der Waals surface area contributed by atoms with E-state index in [0.717, 1.165) is 11.1 Å². The number of carbonyl (C=O) groups excluding carboxylic acids is 2. The van der Waals surface area contributed by atoms with Crippen LogP contribution in [0.4, 0.5) is 0 Å². The van der Waals surface area contributed by atoms with E-state index < -0.39 is 0 Å². The van der Waals surface area contributed by atoms with Crippen molar-refractivity contribution in [1.29, 1.82) is 0 Å². The molecule has 2 aromatic carbocycles. The van der Waals surface area contributed by atoms with Gasteiger partial charge in [-0.1, -0.05) is 48.5 Å². The molecule has 0 aromatic heterocycles. The smallest absolute Gasteiger partial charge is 0.254 e. The number of benzene rings is 2. The Morgan fingerprint density at radius 2 is 1.75 bits per heavy atom. The van der Waals surface area contributed by atoms with E-state index in [0.29, 0.717) is 18.7 Å². The van der Waals surface area contributed by atoms with Gasteiger partial charge in [0.1, 0.15) is 6.54 Å². The van der Waals surface area contributed by atoms with Gasteiger partial charge in [0.15, 0.2) is 0 Å². The number of fused-ring (bicyclic) bond motifs is 1. The highest BCUT2D eigenvalue weighted by molar-refractivity contribution is 6.00. The van der Waals surface area contributed by atoms with Gasteiger partial charge in [-0.05, 0) is 31.0 Å². The van der Waals surface area contributed by atoms with Crippen LogP contribution in [0.15, 0.2) is 54.6 Å². The predicted octanol–water partition coefficient (Wildman–Crippen LogP) is 3.08. The third-order valence-corrected chi connectivity index (χ3v) is 4.36. The van der Waals surface area contributed by atoms with Crippen LogP contribution in [0.25, 0.3) is 0 Å². The molecule has 0 unspecified atom stereocenters. The fourth-order valence-corrected chi connectivity index (χ4v) is 3.04. The van der Waals surface area contributed by atoms with Crippen molar-refractivity contribution >= 4 is 11.8 Å². The number of rotatable bonds is 5. The summed E-state index contributed by atoms with van der Waals surface area (Å²) < 4.78 is 0. The van der Waals surface area contributed by atoms with Gasteiger partial charge in [0.2, 0.25) is 5.91 Å². The minimum absolute atomic E-state index is 0.0185. The highest BCUT2D eigenvalue weighted by atomic mass is 16.2. The molecule has 2 aromatic rings. The Balaban J connectivity index is 1.70. The zero-order valence-corrected chi connectivity index (χ0v) is 14.1. The molecule has 0 spiro atoms. The van der Waals surface area contributed by atoms with E-state index in [-0.39, 0.29) is 24.4 Å². The summed E-state index contributed by atoms with van der Waals surface area (Å²) in [4.78, 5) is 28.7. The zero-order valence-electron chi connectivity index (χ0n) is 14.1. The third kappa shape index (κ3) is 3.32. The fourth-order valence-electron chi connectivity index (χ4n) is 3.04. The van der Waals surface area contributed by atoms with E-state index in [4.69, 9.17) is 0 Å². The van der Waals surface area contributed by atoms with Crippen LogP contribution < -0.4 is 0 Å². The maximum absolute atomic E-state index is 12.8. The summed E-state index contributed by atoms with van der Waals surface area (Å²) in [5.41, 5.74) is 2.80. The molecule has 0 fully saturated rings. The van der Waals surface area contributed by atoms with E-state index >= 15 is 0 Å². The molecule has 0 saturated carbocycles. The molecule has 124 valence electrons. The number of carbonyl (C=O) groups is 2. The van der Waals surface area contributed by atoms with E-state index in [1.807, 2.05) is 73.3 Å². The van der Waals surface area contributed by atoms with Crippen molar-refractivity contribution in [1.82, 2.24) is 9.80 Å². The SMILES string of the molecule is CC(C)N(Cc1ccccc1)C(=O)CN1Cc2ccccc2C1=O. The average Bonchev–Trinajstić information content (AvgIpc) is 2.89. The van der Waals surface area contributed by atoms with Gasteiger partial charge in [0, 0.05) is 24.7 Å². The van der Waals surface area contributed by atoms with Gasteiger partial charge in [0.25, 0.3) is 5.91 Å². The second-order valence-corrected chi connectivity index (χ2v) is 6.42. The van der Waals surface area contributed by atoms with E-state index in [1.165, 1.54) is 0 Å². The van der Waals surface area contributed by atoms with Gasteiger partial charge in [-0.2, -0.15) is 0 Å². The number of nitrogens with zero attached hydrogens (tertiary/aromatic N) is 2. The first-order valence-electron chi connectivity index (χ1n) is 8.27. The lowest BCUT2D eigenvalue weighted by Crippen LogP contribution is -2.43. The van der Waals surface area contributed by atoms with Crippen LogP contribution in [0.2, 0.25) is 0 Å². The standard InChI is InChI=1S/C20H22N2O2/c1-15(2)22(12-16-8-4-3-5-9-16)19(23)14-21-13-17-10-6-7-11-18(17)20(21)24/h3-11,15H,12-14H2,1-2H3. The second-order valence-electron chi connectivity index (χ2n) is 6.42. The van der Waals surface area contributed by atoms with Crippen molar-refractivity contribution in [3.8, 4) is 0 Å². The van der Waals surface area contributed by atoms with E-state index in [1.54, 1.807) is 4.90 Å². The van der Waals surface area contributed by atoms with Crippen molar-refractivity contribution < 1.29 is 9.59 Å². The number of amides is 2. The molecular formula is C20H22N2O2. The molecule has 1 heterocycles. The van der Waals surface area contributed by atoms with Crippen molar-refractivity contribution in [2.75, 3.05) is 6.54 Å². The highest BCUT2D eigenvalue weighted by Crippen LogP contribution is 2.22. The van der Waals surface area contributed by atoms with Crippen molar-refractivity contribution in [2.45, 2.75) is 33.0 Å². The second kappa shape index (κ2) is 6.87. The molecule has 3 rings (SSSR count). The van der Waals surface area contributed by atoms with Crippen LogP contribution >= 0.6 is 0 Å². The lowest BCUT2D eigenvalue weighted by atomic mass is 10.1. The Morgan fingerprint density at radius 3 is 2.42 bits per heavy atom. The van der Waals surface area contributed by atoms with Gasteiger partial charge in [0.05, 0.1) is 0 Å². The summed E-state index contributed by atoms with van der Waals surface area (Å²) in [5.74, 6) is -0.0719.